The SMILES string of the molecule is Cc1ccc(Sc2c(Cl)cc([N+](=O)[O-])cc2Cl)cc1C. The van der Waals surface area contributed by atoms with Crippen LogP contribution in [0.1, 0.15) is 11.1 Å². The highest BCUT2D eigenvalue weighted by atomic mass is 35.5. The molecule has 2 aromatic rings. The summed E-state index contributed by atoms with van der Waals surface area (Å²) < 4.78 is 0. The van der Waals surface area contributed by atoms with Crippen LogP contribution in [0.2, 0.25) is 10.0 Å². The Morgan fingerprint density at radius 3 is 2.15 bits per heavy atom. The van der Waals surface area contributed by atoms with Crippen LogP contribution in [0.3, 0.4) is 0 Å². The van der Waals surface area contributed by atoms with Gasteiger partial charge in [-0.15, -0.1) is 0 Å². The molecule has 0 unspecified atom stereocenters. The molecule has 0 radical (unpaired) electrons. The van der Waals surface area contributed by atoms with Gasteiger partial charge in [-0.05, 0) is 37.1 Å². The fraction of sp³-hybridized carbons (Fsp3) is 0.143. The summed E-state index contributed by atoms with van der Waals surface area (Å²) in [5.41, 5.74) is 2.27. The zero-order chi connectivity index (χ0) is 14.9. The average Bonchev–Trinajstić information content (AvgIpc) is 2.37. The summed E-state index contributed by atoms with van der Waals surface area (Å²) in [6.07, 6.45) is 0. The van der Waals surface area contributed by atoms with Gasteiger partial charge in [-0.3, -0.25) is 10.1 Å². The molecule has 6 heteroatoms. The van der Waals surface area contributed by atoms with Crippen LogP contribution >= 0.6 is 35.0 Å². The molecule has 20 heavy (non-hydrogen) atoms. The van der Waals surface area contributed by atoms with E-state index in [1.54, 1.807) is 0 Å². The Morgan fingerprint density at radius 2 is 1.65 bits per heavy atom. The van der Waals surface area contributed by atoms with E-state index < -0.39 is 4.92 Å². The van der Waals surface area contributed by atoms with E-state index in [-0.39, 0.29) is 15.7 Å². The van der Waals surface area contributed by atoms with Gasteiger partial charge in [-0.25, -0.2) is 0 Å². The molecule has 2 aromatic carbocycles. The first kappa shape index (κ1) is 15.2. The van der Waals surface area contributed by atoms with Gasteiger partial charge in [-0.2, -0.15) is 0 Å². The predicted molar refractivity (Wildman–Crippen MR) is 83.2 cm³/mol. The first-order valence-electron chi connectivity index (χ1n) is 5.77. The maximum atomic E-state index is 10.7. The Balaban J connectivity index is 2.38. The molecule has 0 aliphatic carbocycles. The van der Waals surface area contributed by atoms with Crippen LogP contribution in [0.5, 0.6) is 0 Å². The summed E-state index contributed by atoms with van der Waals surface area (Å²) in [5, 5.41) is 11.3. The molecule has 104 valence electrons. The zero-order valence-electron chi connectivity index (χ0n) is 10.8. The van der Waals surface area contributed by atoms with Crippen LogP contribution in [0, 0.1) is 24.0 Å². The first-order valence-corrected chi connectivity index (χ1v) is 7.34. The lowest BCUT2D eigenvalue weighted by molar-refractivity contribution is -0.384. The van der Waals surface area contributed by atoms with Crippen LogP contribution < -0.4 is 0 Å². The molecule has 0 bridgehead atoms. The highest BCUT2D eigenvalue weighted by Crippen LogP contribution is 2.41. The number of benzene rings is 2. The molecule has 2 rings (SSSR count). The van der Waals surface area contributed by atoms with E-state index in [0.29, 0.717) is 4.90 Å². The van der Waals surface area contributed by atoms with Gasteiger partial charge in [-0.1, -0.05) is 41.0 Å². The molecule has 0 heterocycles. The number of hydrogen-bond acceptors (Lipinski definition) is 3. The third-order valence-corrected chi connectivity index (χ3v) is 4.85. The third kappa shape index (κ3) is 3.26. The second-order valence-corrected chi connectivity index (χ2v) is 6.24. The number of nitro benzene ring substituents is 1. The Hall–Kier alpha value is -1.23. The second kappa shape index (κ2) is 6.04. The second-order valence-electron chi connectivity index (χ2n) is 4.34. The van der Waals surface area contributed by atoms with E-state index in [4.69, 9.17) is 23.2 Å². The number of halogens is 2. The summed E-state index contributed by atoms with van der Waals surface area (Å²) in [6.45, 7) is 4.06. The van der Waals surface area contributed by atoms with E-state index in [9.17, 15) is 10.1 Å². The molecule has 0 atom stereocenters. The Kier molecular flexibility index (Phi) is 4.58. The predicted octanol–water partition coefficient (Wildman–Crippen LogP) is 5.67. The molecule has 0 aliphatic heterocycles. The molecule has 0 fully saturated rings. The minimum atomic E-state index is -0.512. The lowest BCUT2D eigenvalue weighted by Crippen LogP contribution is -1.89. The highest BCUT2D eigenvalue weighted by Gasteiger charge is 2.15. The van der Waals surface area contributed by atoms with Crippen LogP contribution in [0.25, 0.3) is 0 Å². The van der Waals surface area contributed by atoms with Crippen LogP contribution in [-0.4, -0.2) is 4.92 Å². The standard InChI is InChI=1S/C14H11Cl2NO2S/c1-8-3-4-11(5-9(8)2)20-14-12(15)6-10(17(18)19)7-13(14)16/h3-7H,1-2H3. The van der Waals surface area contributed by atoms with E-state index in [0.717, 1.165) is 4.90 Å². The fourth-order valence-electron chi connectivity index (χ4n) is 1.64. The van der Waals surface area contributed by atoms with Crippen molar-refractivity contribution in [3.63, 3.8) is 0 Å². The first-order chi connectivity index (χ1) is 9.38. The zero-order valence-corrected chi connectivity index (χ0v) is 13.1. The van der Waals surface area contributed by atoms with Gasteiger partial charge in [0.2, 0.25) is 0 Å². The number of hydrogen-bond donors (Lipinski definition) is 0. The highest BCUT2D eigenvalue weighted by molar-refractivity contribution is 7.99. The van der Waals surface area contributed by atoms with Crippen molar-refractivity contribution in [2.45, 2.75) is 23.6 Å². The van der Waals surface area contributed by atoms with Crippen molar-refractivity contribution in [1.82, 2.24) is 0 Å². The Bertz CT molecular complexity index is 666. The molecule has 0 N–H and O–H groups in total. The van der Waals surface area contributed by atoms with E-state index in [1.807, 2.05) is 32.0 Å². The number of non-ortho nitro benzene ring substituents is 1. The van der Waals surface area contributed by atoms with Crippen LogP contribution in [-0.2, 0) is 0 Å². The van der Waals surface area contributed by atoms with Gasteiger partial charge >= 0.3 is 0 Å². The van der Waals surface area contributed by atoms with Crippen LogP contribution in [0.4, 0.5) is 5.69 Å². The summed E-state index contributed by atoms with van der Waals surface area (Å²) in [5.74, 6) is 0. The number of aryl methyl sites for hydroxylation is 2. The maximum Gasteiger partial charge on any atom is 0.272 e. The summed E-state index contributed by atoms with van der Waals surface area (Å²) in [6, 6.07) is 8.66. The van der Waals surface area contributed by atoms with E-state index in [2.05, 4.69) is 0 Å². The largest absolute Gasteiger partial charge is 0.272 e. The average molecular weight is 328 g/mol. The molecule has 0 saturated carbocycles. The van der Waals surface area contributed by atoms with Gasteiger partial charge in [0.05, 0.1) is 15.0 Å². The van der Waals surface area contributed by atoms with E-state index in [1.165, 1.54) is 35.0 Å². The van der Waals surface area contributed by atoms with Crippen molar-refractivity contribution >= 4 is 40.7 Å². The molecule has 0 spiro atoms. The quantitative estimate of drug-likeness (QED) is 0.538. The molecule has 0 aliphatic rings. The summed E-state index contributed by atoms with van der Waals surface area (Å²) in [4.78, 5) is 11.8. The van der Waals surface area contributed by atoms with Gasteiger partial charge in [0, 0.05) is 21.9 Å². The monoisotopic (exact) mass is 327 g/mol. The summed E-state index contributed by atoms with van der Waals surface area (Å²) >= 11 is 13.6. The number of nitrogens with zero attached hydrogens (tertiary/aromatic N) is 1. The van der Waals surface area contributed by atoms with Crippen molar-refractivity contribution in [1.29, 1.82) is 0 Å². The van der Waals surface area contributed by atoms with Gasteiger partial charge in [0.1, 0.15) is 0 Å². The van der Waals surface area contributed by atoms with Crippen molar-refractivity contribution in [3.05, 3.63) is 61.6 Å². The van der Waals surface area contributed by atoms with Gasteiger partial charge < -0.3 is 0 Å². The van der Waals surface area contributed by atoms with Crippen LogP contribution in [0.15, 0.2) is 40.1 Å². The van der Waals surface area contributed by atoms with Crippen molar-refractivity contribution < 1.29 is 4.92 Å². The van der Waals surface area contributed by atoms with Gasteiger partial charge in [0.15, 0.2) is 0 Å². The number of rotatable bonds is 3. The Labute approximate surface area is 131 Å². The molecule has 3 nitrogen and oxygen atoms in total. The fourth-order valence-corrected chi connectivity index (χ4v) is 3.27. The normalized spacial score (nSPS) is 10.6. The lowest BCUT2D eigenvalue weighted by Gasteiger charge is -2.08. The molecule has 0 aromatic heterocycles. The molecular formula is C14H11Cl2NO2S. The van der Waals surface area contributed by atoms with Crippen molar-refractivity contribution in [3.8, 4) is 0 Å². The lowest BCUT2D eigenvalue weighted by atomic mass is 10.1. The minimum absolute atomic E-state index is 0.107. The van der Waals surface area contributed by atoms with Crippen molar-refractivity contribution in [2.24, 2.45) is 0 Å². The Morgan fingerprint density at radius 1 is 1.05 bits per heavy atom. The van der Waals surface area contributed by atoms with Gasteiger partial charge in [0.25, 0.3) is 5.69 Å². The maximum absolute atomic E-state index is 10.7. The number of nitro groups is 1. The van der Waals surface area contributed by atoms with E-state index >= 15 is 0 Å². The molecule has 0 saturated heterocycles. The van der Waals surface area contributed by atoms with Crippen molar-refractivity contribution in [2.75, 3.05) is 0 Å². The topological polar surface area (TPSA) is 43.1 Å². The molecular weight excluding hydrogens is 317 g/mol. The summed E-state index contributed by atoms with van der Waals surface area (Å²) in [7, 11) is 0. The molecule has 0 amide bonds. The smallest absolute Gasteiger partial charge is 0.258 e. The third-order valence-electron chi connectivity index (χ3n) is 2.89. The minimum Gasteiger partial charge on any atom is -0.258 e.